The molecule has 1 unspecified atom stereocenters. The summed E-state index contributed by atoms with van der Waals surface area (Å²) in [4.78, 5) is 0.859. The van der Waals surface area contributed by atoms with E-state index in [-0.39, 0.29) is 0 Å². The number of hydrogen-bond acceptors (Lipinski definition) is 3. The van der Waals surface area contributed by atoms with Gasteiger partial charge >= 0.3 is 0 Å². The van der Waals surface area contributed by atoms with Crippen LogP contribution in [-0.4, -0.2) is 23.7 Å². The Balaban J connectivity index is 2.55. The number of nitrogens with two attached hydrogens (primary N) is 1. The van der Waals surface area contributed by atoms with E-state index in [1.54, 1.807) is 7.11 Å². The van der Waals surface area contributed by atoms with Crippen molar-refractivity contribution >= 4 is 16.5 Å². The van der Waals surface area contributed by atoms with E-state index in [1.165, 1.54) is 0 Å². The van der Waals surface area contributed by atoms with Gasteiger partial charge in [0.05, 0.1) is 10.8 Å². The number of aryl methyl sites for hydroxylation is 1. The lowest BCUT2D eigenvalue weighted by atomic mass is 10.2. The summed E-state index contributed by atoms with van der Waals surface area (Å²) in [6.07, 6.45) is 1.86. The molecular weight excluding hydrogens is 222 g/mol. The van der Waals surface area contributed by atoms with E-state index in [2.05, 4.69) is 0 Å². The van der Waals surface area contributed by atoms with Gasteiger partial charge in [0.2, 0.25) is 0 Å². The van der Waals surface area contributed by atoms with Gasteiger partial charge in [-0.15, -0.1) is 0 Å². The quantitative estimate of drug-likeness (QED) is 0.613. The minimum Gasteiger partial charge on any atom is -0.399 e. The van der Waals surface area contributed by atoms with E-state index in [0.717, 1.165) is 29.9 Å². The number of hydrogen-bond donors (Lipinski definition) is 1. The second kappa shape index (κ2) is 6.66. The molecule has 0 aliphatic carbocycles. The van der Waals surface area contributed by atoms with Crippen LogP contribution in [-0.2, 0) is 15.5 Å². The second-order valence-corrected chi connectivity index (χ2v) is 5.31. The number of methoxy groups -OCH3 is 1. The first kappa shape index (κ1) is 13.2. The smallest absolute Gasteiger partial charge is 0.0532 e. The minimum absolute atomic E-state index is 0.672. The highest BCUT2D eigenvalue weighted by Gasteiger charge is 2.07. The van der Waals surface area contributed by atoms with Gasteiger partial charge in [-0.05, 0) is 37.5 Å². The summed E-state index contributed by atoms with van der Waals surface area (Å²) in [5.41, 5.74) is 7.40. The first-order valence-corrected chi connectivity index (χ1v) is 6.70. The maximum Gasteiger partial charge on any atom is 0.0532 e. The molecule has 0 spiro atoms. The van der Waals surface area contributed by atoms with Crippen LogP contribution in [0.1, 0.15) is 18.4 Å². The summed E-state index contributed by atoms with van der Waals surface area (Å²) in [6, 6.07) is 5.56. The predicted molar refractivity (Wildman–Crippen MR) is 68.0 cm³/mol. The molecule has 0 fully saturated rings. The van der Waals surface area contributed by atoms with Gasteiger partial charge in [0, 0.05) is 30.1 Å². The molecule has 0 saturated heterocycles. The molecule has 0 aliphatic heterocycles. The Morgan fingerprint density at radius 3 is 2.81 bits per heavy atom. The Morgan fingerprint density at radius 1 is 1.38 bits per heavy atom. The Labute approximate surface area is 99.4 Å². The number of rotatable bonds is 6. The molecule has 0 amide bonds. The third-order valence-corrected chi connectivity index (χ3v) is 3.98. The van der Waals surface area contributed by atoms with Crippen LogP contribution >= 0.6 is 0 Å². The number of anilines is 1. The van der Waals surface area contributed by atoms with Gasteiger partial charge < -0.3 is 10.5 Å². The molecule has 0 saturated carbocycles. The monoisotopic (exact) mass is 241 g/mol. The molecule has 2 N–H and O–H groups in total. The van der Waals surface area contributed by atoms with Gasteiger partial charge in [-0.3, -0.25) is 4.21 Å². The lowest BCUT2D eigenvalue weighted by Gasteiger charge is -2.06. The van der Waals surface area contributed by atoms with Crippen molar-refractivity contribution in [1.82, 2.24) is 0 Å². The fourth-order valence-electron chi connectivity index (χ4n) is 1.45. The summed E-state index contributed by atoms with van der Waals surface area (Å²) in [5, 5.41) is 0. The van der Waals surface area contributed by atoms with Crippen LogP contribution < -0.4 is 5.73 Å². The lowest BCUT2D eigenvalue weighted by Crippen LogP contribution is -2.02. The Kier molecular flexibility index (Phi) is 5.49. The summed E-state index contributed by atoms with van der Waals surface area (Å²) in [6.45, 7) is 2.69. The van der Waals surface area contributed by atoms with E-state index in [1.807, 2.05) is 25.1 Å². The van der Waals surface area contributed by atoms with Gasteiger partial charge in [0.1, 0.15) is 0 Å². The van der Waals surface area contributed by atoms with Crippen molar-refractivity contribution in [2.45, 2.75) is 24.7 Å². The number of nitrogen functional groups attached to an aromatic ring is 1. The van der Waals surface area contributed by atoms with Crippen molar-refractivity contribution in [3.05, 3.63) is 23.8 Å². The number of benzene rings is 1. The maximum atomic E-state index is 12.0. The Hall–Kier alpha value is -0.870. The van der Waals surface area contributed by atoms with Crippen LogP contribution in [0, 0.1) is 6.92 Å². The van der Waals surface area contributed by atoms with Crippen molar-refractivity contribution in [2.75, 3.05) is 25.2 Å². The summed E-state index contributed by atoms with van der Waals surface area (Å²) < 4.78 is 16.9. The largest absolute Gasteiger partial charge is 0.399 e. The summed E-state index contributed by atoms with van der Waals surface area (Å²) in [5.74, 6) is 0.674. The first-order chi connectivity index (χ1) is 7.65. The summed E-state index contributed by atoms with van der Waals surface area (Å²) >= 11 is 0. The zero-order chi connectivity index (χ0) is 12.0. The van der Waals surface area contributed by atoms with Gasteiger partial charge in [-0.25, -0.2) is 0 Å². The zero-order valence-electron chi connectivity index (χ0n) is 9.86. The molecule has 1 rings (SSSR count). The highest BCUT2D eigenvalue weighted by Crippen LogP contribution is 2.17. The van der Waals surface area contributed by atoms with Gasteiger partial charge in [-0.2, -0.15) is 0 Å². The Morgan fingerprint density at radius 2 is 2.12 bits per heavy atom. The van der Waals surface area contributed by atoms with Crippen LogP contribution in [0.15, 0.2) is 23.1 Å². The van der Waals surface area contributed by atoms with Crippen LogP contribution in [0.5, 0.6) is 0 Å². The lowest BCUT2D eigenvalue weighted by molar-refractivity contribution is 0.194. The van der Waals surface area contributed by atoms with Gasteiger partial charge in [0.15, 0.2) is 0 Å². The molecule has 1 aromatic carbocycles. The summed E-state index contributed by atoms with van der Waals surface area (Å²) in [7, 11) is 0.735. The zero-order valence-corrected chi connectivity index (χ0v) is 10.7. The predicted octanol–water partition coefficient (Wildman–Crippen LogP) is 2.11. The average Bonchev–Trinajstić information content (AvgIpc) is 2.27. The molecule has 0 bridgehead atoms. The molecule has 0 radical (unpaired) electrons. The molecule has 4 heteroatoms. The minimum atomic E-state index is -0.944. The van der Waals surface area contributed by atoms with Crippen LogP contribution in [0.4, 0.5) is 5.69 Å². The molecule has 90 valence electrons. The molecule has 16 heavy (non-hydrogen) atoms. The highest BCUT2D eigenvalue weighted by atomic mass is 32.2. The normalized spacial score (nSPS) is 12.6. The second-order valence-electron chi connectivity index (χ2n) is 3.77. The molecule has 0 aliphatic rings. The molecule has 1 aromatic rings. The van der Waals surface area contributed by atoms with Crippen LogP contribution in [0.2, 0.25) is 0 Å². The third-order valence-electron chi connectivity index (χ3n) is 2.39. The Bertz CT molecular complexity index is 366. The van der Waals surface area contributed by atoms with E-state index in [0.29, 0.717) is 11.4 Å². The van der Waals surface area contributed by atoms with Crippen LogP contribution in [0.25, 0.3) is 0 Å². The van der Waals surface area contributed by atoms with Crippen molar-refractivity contribution in [3.63, 3.8) is 0 Å². The fraction of sp³-hybridized carbons (Fsp3) is 0.500. The maximum absolute atomic E-state index is 12.0. The highest BCUT2D eigenvalue weighted by molar-refractivity contribution is 7.85. The molecule has 0 aromatic heterocycles. The molecule has 1 atom stereocenters. The van der Waals surface area contributed by atoms with E-state index in [4.69, 9.17) is 10.5 Å². The standard InChI is InChI=1S/C12H19NO2S/c1-10-5-6-11(13)9-12(10)16(14)8-4-3-7-15-2/h5-6,9H,3-4,7-8,13H2,1-2H3. The van der Waals surface area contributed by atoms with E-state index >= 15 is 0 Å². The SMILES string of the molecule is COCCCCS(=O)c1cc(N)ccc1C. The average molecular weight is 241 g/mol. The van der Waals surface area contributed by atoms with Gasteiger partial charge in [0.25, 0.3) is 0 Å². The van der Waals surface area contributed by atoms with Crippen molar-refractivity contribution in [1.29, 1.82) is 0 Å². The topological polar surface area (TPSA) is 52.3 Å². The van der Waals surface area contributed by atoms with Crippen LogP contribution in [0.3, 0.4) is 0 Å². The van der Waals surface area contributed by atoms with Gasteiger partial charge in [-0.1, -0.05) is 6.07 Å². The van der Waals surface area contributed by atoms with Crippen molar-refractivity contribution in [3.8, 4) is 0 Å². The molecule has 0 heterocycles. The number of ether oxygens (including phenoxy) is 1. The van der Waals surface area contributed by atoms with Crippen molar-refractivity contribution in [2.24, 2.45) is 0 Å². The third kappa shape index (κ3) is 3.94. The van der Waals surface area contributed by atoms with E-state index < -0.39 is 10.8 Å². The fourth-order valence-corrected chi connectivity index (χ4v) is 2.83. The van der Waals surface area contributed by atoms with E-state index in [9.17, 15) is 4.21 Å². The van der Waals surface area contributed by atoms with Crippen molar-refractivity contribution < 1.29 is 8.95 Å². The molecular formula is C12H19NO2S. The first-order valence-electron chi connectivity index (χ1n) is 5.38. The number of unbranched alkanes of at least 4 members (excludes halogenated alkanes) is 1. The molecule has 3 nitrogen and oxygen atoms in total.